The fourth-order valence-electron chi connectivity index (χ4n) is 2.14. The van der Waals surface area contributed by atoms with Crippen molar-refractivity contribution < 1.29 is 18.3 Å². The van der Waals surface area contributed by atoms with Crippen LogP contribution in [0.4, 0.5) is 13.2 Å². The number of nitrogens with zero attached hydrogens (tertiary/aromatic N) is 5. The molecule has 0 saturated heterocycles. The molecule has 3 aromatic rings. The SMILES string of the molecule is Cn1c(SC/C(O)=C(\C#N)c2nc3cc(Cl)ccc3s2)nnc1C(F)(F)F. The van der Waals surface area contributed by atoms with Gasteiger partial charge in [0.05, 0.1) is 16.0 Å². The van der Waals surface area contributed by atoms with Gasteiger partial charge in [0.15, 0.2) is 5.16 Å². The molecule has 0 bridgehead atoms. The van der Waals surface area contributed by atoms with E-state index in [1.807, 2.05) is 6.07 Å². The number of aromatic nitrogens is 4. The summed E-state index contributed by atoms with van der Waals surface area (Å²) in [6, 6.07) is 6.95. The summed E-state index contributed by atoms with van der Waals surface area (Å²) in [5.74, 6) is -1.62. The Morgan fingerprint density at radius 3 is 2.78 bits per heavy atom. The maximum absolute atomic E-state index is 12.7. The molecule has 1 aromatic carbocycles. The zero-order valence-corrected chi connectivity index (χ0v) is 15.8. The van der Waals surface area contributed by atoms with Crippen LogP contribution in [0.15, 0.2) is 29.1 Å². The van der Waals surface area contributed by atoms with Crippen LogP contribution in [0.1, 0.15) is 10.8 Å². The lowest BCUT2D eigenvalue weighted by atomic mass is 10.2. The number of halogens is 4. The Labute approximate surface area is 163 Å². The van der Waals surface area contributed by atoms with Crippen molar-refractivity contribution >= 4 is 50.5 Å². The van der Waals surface area contributed by atoms with Crippen LogP contribution >= 0.6 is 34.7 Å². The maximum Gasteiger partial charge on any atom is 0.451 e. The number of fused-ring (bicyclic) bond motifs is 1. The molecule has 0 atom stereocenters. The second-order valence-corrected chi connectivity index (χ2v) is 7.63. The molecule has 1 N–H and O–H groups in total. The molecule has 0 aliphatic heterocycles. The fourth-order valence-corrected chi connectivity index (χ4v) is 4.05. The molecule has 3 rings (SSSR count). The molecule has 0 aliphatic rings. The molecule has 6 nitrogen and oxygen atoms in total. The van der Waals surface area contributed by atoms with Crippen molar-refractivity contribution in [2.45, 2.75) is 11.3 Å². The predicted octanol–water partition coefficient (Wildman–Crippen LogP) is 4.68. The number of aliphatic hydroxyl groups is 1. The Bertz CT molecular complexity index is 1080. The van der Waals surface area contributed by atoms with Crippen LogP contribution in [0.2, 0.25) is 5.02 Å². The van der Waals surface area contributed by atoms with E-state index in [1.165, 1.54) is 18.4 Å². The van der Waals surface area contributed by atoms with Gasteiger partial charge in [-0.05, 0) is 18.2 Å². The summed E-state index contributed by atoms with van der Waals surface area (Å²) in [6.45, 7) is 0. The smallest absolute Gasteiger partial charge is 0.451 e. The first kappa shape index (κ1) is 19.5. The van der Waals surface area contributed by atoms with Crippen LogP contribution in [0.3, 0.4) is 0 Å². The monoisotopic (exact) mass is 431 g/mol. The molecule has 2 heterocycles. The Hall–Kier alpha value is -2.29. The standard InChI is InChI=1S/C15H9ClF3N5OS2/c1-24-13(15(17,18)19)22-23-14(24)26-6-10(25)8(5-20)12-21-9-4-7(16)2-3-11(9)27-12/h2-4,25H,6H2,1H3/b10-8-. The van der Waals surface area contributed by atoms with Gasteiger partial charge in [0, 0.05) is 12.1 Å². The third kappa shape index (κ3) is 4.02. The second-order valence-electron chi connectivity index (χ2n) is 5.22. The van der Waals surface area contributed by atoms with Crippen molar-refractivity contribution in [3.8, 4) is 6.07 Å². The maximum atomic E-state index is 12.7. The normalized spacial score (nSPS) is 12.9. The number of thiazole rings is 1. The van der Waals surface area contributed by atoms with Gasteiger partial charge in [0.2, 0.25) is 5.82 Å². The number of hydrogen-bond donors (Lipinski definition) is 1. The zero-order chi connectivity index (χ0) is 19.8. The minimum absolute atomic E-state index is 0.0396. The van der Waals surface area contributed by atoms with E-state index in [4.69, 9.17) is 11.6 Å². The minimum Gasteiger partial charge on any atom is -0.510 e. The molecular formula is C15H9ClF3N5OS2. The van der Waals surface area contributed by atoms with E-state index >= 15 is 0 Å². The predicted molar refractivity (Wildman–Crippen MR) is 96.5 cm³/mol. The molecule has 27 heavy (non-hydrogen) atoms. The summed E-state index contributed by atoms with van der Waals surface area (Å²) in [5, 5.41) is 27.0. The van der Waals surface area contributed by atoms with Crippen molar-refractivity contribution in [2.75, 3.05) is 5.75 Å². The number of allylic oxidation sites excluding steroid dienone is 1. The van der Waals surface area contributed by atoms with Gasteiger partial charge < -0.3 is 9.67 Å². The van der Waals surface area contributed by atoms with E-state index in [1.54, 1.807) is 18.2 Å². The molecule has 0 saturated carbocycles. The van der Waals surface area contributed by atoms with Gasteiger partial charge in [-0.15, -0.1) is 21.5 Å². The van der Waals surface area contributed by atoms with Crippen LogP contribution in [0.5, 0.6) is 0 Å². The van der Waals surface area contributed by atoms with Gasteiger partial charge in [0.25, 0.3) is 0 Å². The largest absolute Gasteiger partial charge is 0.510 e. The Morgan fingerprint density at radius 2 is 2.15 bits per heavy atom. The Balaban J connectivity index is 1.85. The molecule has 0 fully saturated rings. The lowest BCUT2D eigenvalue weighted by Crippen LogP contribution is -2.13. The molecule has 0 radical (unpaired) electrons. The lowest BCUT2D eigenvalue weighted by molar-refractivity contribution is -0.147. The van der Waals surface area contributed by atoms with Crippen molar-refractivity contribution in [3.63, 3.8) is 0 Å². The lowest BCUT2D eigenvalue weighted by Gasteiger charge is -2.06. The minimum atomic E-state index is -4.63. The summed E-state index contributed by atoms with van der Waals surface area (Å²) >= 11 is 7.93. The molecule has 12 heteroatoms. The zero-order valence-electron chi connectivity index (χ0n) is 13.5. The molecule has 0 aliphatic carbocycles. The number of nitriles is 1. The highest BCUT2D eigenvalue weighted by Gasteiger charge is 2.37. The van der Waals surface area contributed by atoms with E-state index in [0.717, 1.165) is 21.0 Å². The molecule has 0 spiro atoms. The second kappa shape index (κ2) is 7.38. The molecule has 0 unspecified atom stereocenters. The van der Waals surface area contributed by atoms with Crippen LogP contribution in [0, 0.1) is 11.3 Å². The highest BCUT2D eigenvalue weighted by Crippen LogP contribution is 2.32. The van der Waals surface area contributed by atoms with Gasteiger partial charge in [0.1, 0.15) is 22.4 Å². The summed E-state index contributed by atoms with van der Waals surface area (Å²) in [5.41, 5.74) is 0.525. The first-order chi connectivity index (χ1) is 12.7. The van der Waals surface area contributed by atoms with Crippen LogP contribution < -0.4 is 0 Å². The summed E-state index contributed by atoms with van der Waals surface area (Å²) in [4.78, 5) is 4.28. The highest BCUT2D eigenvalue weighted by atomic mass is 35.5. The van der Waals surface area contributed by atoms with Crippen molar-refractivity contribution in [1.29, 1.82) is 5.26 Å². The van der Waals surface area contributed by atoms with E-state index < -0.39 is 12.0 Å². The number of benzene rings is 1. The topological polar surface area (TPSA) is 87.6 Å². The van der Waals surface area contributed by atoms with E-state index in [9.17, 15) is 23.5 Å². The first-order valence-electron chi connectivity index (χ1n) is 7.18. The quantitative estimate of drug-likeness (QED) is 0.366. The van der Waals surface area contributed by atoms with Gasteiger partial charge in [-0.3, -0.25) is 0 Å². The molecule has 0 amide bonds. The van der Waals surface area contributed by atoms with Crippen molar-refractivity contribution in [1.82, 2.24) is 19.7 Å². The van der Waals surface area contributed by atoms with Gasteiger partial charge in [-0.1, -0.05) is 23.4 Å². The van der Waals surface area contributed by atoms with E-state index in [-0.39, 0.29) is 22.2 Å². The van der Waals surface area contributed by atoms with Crippen LogP contribution in [0.25, 0.3) is 15.8 Å². The van der Waals surface area contributed by atoms with Gasteiger partial charge >= 0.3 is 6.18 Å². The summed E-state index contributed by atoms with van der Waals surface area (Å²) in [7, 11) is 1.18. The number of alkyl halides is 3. The van der Waals surface area contributed by atoms with Crippen LogP contribution in [-0.4, -0.2) is 30.6 Å². The molecular weight excluding hydrogens is 423 g/mol. The van der Waals surface area contributed by atoms with Crippen molar-refractivity contribution in [3.05, 3.63) is 39.8 Å². The van der Waals surface area contributed by atoms with Gasteiger partial charge in [-0.25, -0.2) is 4.98 Å². The number of hydrogen-bond acceptors (Lipinski definition) is 7. The van der Waals surface area contributed by atoms with Gasteiger partial charge in [-0.2, -0.15) is 18.4 Å². The number of aliphatic hydroxyl groups excluding tert-OH is 1. The van der Waals surface area contributed by atoms with Crippen LogP contribution in [-0.2, 0) is 13.2 Å². The summed E-state index contributed by atoms with van der Waals surface area (Å²) < 4.78 is 39.8. The Morgan fingerprint density at radius 1 is 1.41 bits per heavy atom. The molecule has 2 aromatic heterocycles. The average Bonchev–Trinajstić information content (AvgIpc) is 3.16. The first-order valence-corrected chi connectivity index (χ1v) is 9.36. The number of rotatable bonds is 4. The third-order valence-corrected chi connectivity index (χ3v) is 5.71. The molecule has 140 valence electrons. The van der Waals surface area contributed by atoms with Crippen molar-refractivity contribution in [2.24, 2.45) is 7.05 Å². The average molecular weight is 432 g/mol. The number of thioether (sulfide) groups is 1. The summed E-state index contributed by atoms with van der Waals surface area (Å²) in [6.07, 6.45) is -4.63. The fraction of sp³-hybridized carbons (Fsp3) is 0.200. The third-order valence-electron chi connectivity index (χ3n) is 3.39. The Kier molecular flexibility index (Phi) is 5.32. The van der Waals surface area contributed by atoms with E-state index in [0.29, 0.717) is 15.5 Å². The van der Waals surface area contributed by atoms with E-state index in [2.05, 4.69) is 15.2 Å². The highest BCUT2D eigenvalue weighted by molar-refractivity contribution is 7.99.